The lowest BCUT2D eigenvalue weighted by Gasteiger charge is -2.28. The van der Waals surface area contributed by atoms with Crippen LogP contribution >= 0.6 is 0 Å². The molecule has 2 aliphatic carbocycles. The molecule has 1 atom stereocenters. The van der Waals surface area contributed by atoms with Crippen molar-refractivity contribution in [3.63, 3.8) is 0 Å². The Hall–Kier alpha value is -2.77. The van der Waals surface area contributed by atoms with Crippen molar-refractivity contribution in [1.82, 2.24) is 35.4 Å². The summed E-state index contributed by atoms with van der Waals surface area (Å²) in [5.74, 6) is 4.00. The minimum atomic E-state index is -1.52. The van der Waals surface area contributed by atoms with E-state index < -0.39 is 13.7 Å². The predicted molar refractivity (Wildman–Crippen MR) is 136 cm³/mol. The molecule has 2 fully saturated rings. The topological polar surface area (TPSA) is 98.1 Å². The van der Waals surface area contributed by atoms with E-state index in [9.17, 15) is 4.79 Å². The lowest BCUT2D eigenvalue weighted by molar-refractivity contribution is 0.0235. The van der Waals surface area contributed by atoms with Crippen LogP contribution in [0.1, 0.15) is 75.8 Å². The maximum Gasteiger partial charge on any atom is 0.410 e. The molecule has 0 bridgehead atoms. The number of nitrogens with one attached hydrogen (secondary N) is 1. The van der Waals surface area contributed by atoms with Gasteiger partial charge < -0.3 is 15.0 Å². The number of tetrazole rings is 1. The molecule has 9 nitrogen and oxygen atoms in total. The Balaban J connectivity index is 1.54. The van der Waals surface area contributed by atoms with Crippen LogP contribution in [0.5, 0.6) is 0 Å². The second-order valence-corrected chi connectivity index (χ2v) is 16.2. The Morgan fingerprint density at radius 1 is 1.26 bits per heavy atom. The highest BCUT2D eigenvalue weighted by Crippen LogP contribution is 2.36. The number of amides is 1. The maximum absolute atomic E-state index is 12.8. The molecule has 0 aliphatic heterocycles. The minimum Gasteiger partial charge on any atom is -0.444 e. The molecule has 10 heteroatoms. The van der Waals surface area contributed by atoms with E-state index in [1.807, 2.05) is 48.6 Å². The second-order valence-electron chi connectivity index (χ2n) is 11.5. The largest absolute Gasteiger partial charge is 0.444 e. The molecule has 0 aromatic carbocycles. The van der Waals surface area contributed by atoms with Crippen molar-refractivity contribution >= 4 is 14.2 Å². The molecule has 0 saturated heterocycles. The van der Waals surface area contributed by atoms with Gasteiger partial charge in [0.25, 0.3) is 0 Å². The van der Waals surface area contributed by atoms with E-state index in [0.717, 1.165) is 42.9 Å². The number of ether oxygens (including phenoxy) is 1. The zero-order valence-corrected chi connectivity index (χ0v) is 22.7. The molecule has 0 spiro atoms. The van der Waals surface area contributed by atoms with Gasteiger partial charge >= 0.3 is 6.09 Å². The van der Waals surface area contributed by atoms with Gasteiger partial charge in [-0.25, -0.2) is 14.5 Å². The van der Waals surface area contributed by atoms with Crippen LogP contribution in [0.25, 0.3) is 0 Å². The van der Waals surface area contributed by atoms with E-state index in [1.165, 1.54) is 0 Å². The molecule has 0 radical (unpaired) electrons. The van der Waals surface area contributed by atoms with Crippen LogP contribution < -0.4 is 5.32 Å². The molecular formula is C25H37N7O2Si. The summed E-state index contributed by atoms with van der Waals surface area (Å²) in [5, 5.41) is 16.1. The summed E-state index contributed by atoms with van der Waals surface area (Å²) in [6, 6.07) is 6.18. The SMILES string of the molecule is CC(C)(C)OC(=O)N(CCNC(c1cccc(C#C[Si](C)(C)C)n1)c1nnnn1C1CC1)C1CC1. The summed E-state index contributed by atoms with van der Waals surface area (Å²) >= 11 is 0. The van der Waals surface area contributed by atoms with Crippen molar-refractivity contribution < 1.29 is 9.53 Å². The van der Waals surface area contributed by atoms with Crippen LogP contribution in [0.4, 0.5) is 4.79 Å². The average Bonchev–Trinajstić information content (AvgIpc) is 3.70. The molecule has 4 rings (SSSR count). The first-order chi connectivity index (χ1) is 16.5. The van der Waals surface area contributed by atoms with Crippen LogP contribution in [0.15, 0.2) is 18.2 Å². The van der Waals surface area contributed by atoms with Gasteiger partial charge in [0.05, 0.1) is 11.7 Å². The van der Waals surface area contributed by atoms with Gasteiger partial charge in [0.2, 0.25) is 0 Å². The van der Waals surface area contributed by atoms with Crippen LogP contribution in [-0.4, -0.2) is 69.0 Å². The normalized spacial score (nSPS) is 16.9. The Labute approximate surface area is 209 Å². The van der Waals surface area contributed by atoms with Gasteiger partial charge in [-0.1, -0.05) is 31.6 Å². The zero-order valence-electron chi connectivity index (χ0n) is 21.7. The third-order valence-corrected chi connectivity index (χ3v) is 6.49. The van der Waals surface area contributed by atoms with Gasteiger partial charge in [0.1, 0.15) is 25.4 Å². The average molecular weight is 496 g/mol. The van der Waals surface area contributed by atoms with Crippen LogP contribution in [0, 0.1) is 11.5 Å². The van der Waals surface area contributed by atoms with E-state index in [-0.39, 0.29) is 18.2 Å². The molecule has 2 heterocycles. The van der Waals surface area contributed by atoms with Crippen molar-refractivity contribution in [3.05, 3.63) is 35.4 Å². The number of hydrogen-bond donors (Lipinski definition) is 1. The maximum atomic E-state index is 12.8. The number of hydrogen-bond acceptors (Lipinski definition) is 7. The van der Waals surface area contributed by atoms with Gasteiger partial charge in [0.15, 0.2) is 5.82 Å². The second kappa shape index (κ2) is 10.1. The summed E-state index contributed by atoms with van der Waals surface area (Å²) in [5.41, 5.74) is 4.43. The third kappa shape index (κ3) is 7.35. The van der Waals surface area contributed by atoms with Crippen molar-refractivity contribution in [2.45, 2.75) is 89.8 Å². The first-order valence-corrected chi connectivity index (χ1v) is 16.0. The summed E-state index contributed by atoms with van der Waals surface area (Å²) in [4.78, 5) is 19.5. The fourth-order valence-corrected chi connectivity index (χ4v) is 4.19. The molecule has 1 N–H and O–H groups in total. The molecule has 1 unspecified atom stereocenters. The lowest BCUT2D eigenvalue weighted by atomic mass is 10.1. The summed E-state index contributed by atoms with van der Waals surface area (Å²) in [7, 11) is -1.52. The highest BCUT2D eigenvalue weighted by atomic mass is 28.3. The monoisotopic (exact) mass is 495 g/mol. The minimum absolute atomic E-state index is 0.250. The molecule has 2 aliphatic rings. The first kappa shape index (κ1) is 25.3. The van der Waals surface area contributed by atoms with Crippen LogP contribution in [0.3, 0.4) is 0 Å². The van der Waals surface area contributed by atoms with Crippen molar-refractivity contribution in [3.8, 4) is 11.5 Å². The Bertz CT molecular complexity index is 1100. The summed E-state index contributed by atoms with van der Waals surface area (Å²) in [6.07, 6.45) is 3.93. The number of carbonyl (C=O) groups excluding carboxylic acids is 1. The molecule has 188 valence electrons. The predicted octanol–water partition coefficient (Wildman–Crippen LogP) is 3.71. The van der Waals surface area contributed by atoms with Gasteiger partial charge in [-0.15, -0.1) is 10.6 Å². The highest BCUT2D eigenvalue weighted by Gasteiger charge is 2.36. The van der Waals surface area contributed by atoms with E-state index in [2.05, 4.69) is 51.9 Å². The van der Waals surface area contributed by atoms with Gasteiger partial charge in [0, 0.05) is 19.1 Å². The zero-order chi connectivity index (χ0) is 25.2. The lowest BCUT2D eigenvalue weighted by Crippen LogP contribution is -2.42. The number of pyridine rings is 1. The Kier molecular flexibility index (Phi) is 7.29. The molecule has 2 saturated carbocycles. The highest BCUT2D eigenvalue weighted by molar-refractivity contribution is 6.83. The summed E-state index contributed by atoms with van der Waals surface area (Å²) in [6.45, 7) is 13.4. The van der Waals surface area contributed by atoms with Crippen molar-refractivity contribution in [2.75, 3.05) is 13.1 Å². The molecule has 35 heavy (non-hydrogen) atoms. The number of rotatable bonds is 8. The van der Waals surface area contributed by atoms with E-state index in [1.54, 1.807) is 0 Å². The third-order valence-electron chi connectivity index (χ3n) is 5.62. The molecule has 2 aromatic rings. The van der Waals surface area contributed by atoms with Gasteiger partial charge in [-0.3, -0.25) is 0 Å². The van der Waals surface area contributed by atoms with Crippen molar-refractivity contribution in [1.29, 1.82) is 0 Å². The smallest absolute Gasteiger partial charge is 0.410 e. The Morgan fingerprint density at radius 3 is 2.63 bits per heavy atom. The quantitative estimate of drug-likeness (QED) is 0.440. The van der Waals surface area contributed by atoms with Crippen LogP contribution in [-0.2, 0) is 4.74 Å². The van der Waals surface area contributed by atoms with Gasteiger partial charge in [-0.2, -0.15) is 0 Å². The number of aromatic nitrogens is 5. The number of nitrogens with zero attached hydrogens (tertiary/aromatic N) is 6. The van der Waals surface area contributed by atoms with Crippen LogP contribution in [0.2, 0.25) is 19.6 Å². The summed E-state index contributed by atoms with van der Waals surface area (Å²) < 4.78 is 7.55. The molecule has 1 amide bonds. The van der Waals surface area contributed by atoms with E-state index >= 15 is 0 Å². The fraction of sp³-hybridized carbons (Fsp3) is 0.640. The van der Waals surface area contributed by atoms with Gasteiger partial charge in [-0.05, 0) is 69.0 Å². The first-order valence-electron chi connectivity index (χ1n) is 12.5. The molecular weight excluding hydrogens is 458 g/mol. The number of carbonyl (C=O) groups is 1. The Morgan fingerprint density at radius 2 is 2.00 bits per heavy atom. The van der Waals surface area contributed by atoms with E-state index in [0.29, 0.717) is 19.1 Å². The van der Waals surface area contributed by atoms with E-state index in [4.69, 9.17) is 9.72 Å². The molecule has 2 aromatic heterocycles. The van der Waals surface area contributed by atoms with Crippen molar-refractivity contribution in [2.24, 2.45) is 0 Å². The fourth-order valence-electron chi connectivity index (χ4n) is 3.69. The standard InChI is InChI=1S/C25H37N7O2Si/c1-25(2,3)34-24(33)31(19-10-11-19)16-15-26-22(23-28-29-30-32(23)20-12-13-20)21-9-7-8-18(27-21)14-17-35(4,5)6/h7-9,19-20,22,26H,10-13,15-16H2,1-6H3.